The van der Waals surface area contributed by atoms with Gasteiger partial charge in [-0.3, -0.25) is 9.59 Å². The van der Waals surface area contributed by atoms with Crippen molar-refractivity contribution in [3.05, 3.63) is 0 Å². The second-order valence-corrected chi connectivity index (χ2v) is 5.26. The highest BCUT2D eigenvalue weighted by Crippen LogP contribution is 2.38. The average molecular weight is 254 g/mol. The lowest BCUT2D eigenvalue weighted by atomic mass is 10.2. The first kappa shape index (κ1) is 15.0. The second-order valence-electron chi connectivity index (χ2n) is 5.26. The van der Waals surface area contributed by atoms with E-state index >= 15 is 0 Å². The number of hydrogen-bond donors (Lipinski definition) is 2. The zero-order valence-electron chi connectivity index (χ0n) is 11.8. The fraction of sp³-hybridized carbons (Fsp3) is 0.857. The Morgan fingerprint density at radius 1 is 1.17 bits per heavy atom. The van der Waals surface area contributed by atoms with E-state index in [2.05, 4.69) is 17.6 Å². The Kier molecular flexibility index (Phi) is 6.16. The van der Waals surface area contributed by atoms with Crippen molar-refractivity contribution < 1.29 is 9.59 Å². The van der Waals surface area contributed by atoms with E-state index in [0.29, 0.717) is 6.42 Å². The fourth-order valence-corrected chi connectivity index (χ4v) is 1.94. The summed E-state index contributed by atoms with van der Waals surface area (Å²) >= 11 is 0. The number of carbonyl (C=O) groups excluding carboxylic acids is 2. The van der Waals surface area contributed by atoms with E-state index in [1.54, 1.807) is 0 Å². The minimum Gasteiger partial charge on any atom is -0.356 e. The number of carbonyl (C=O) groups is 2. The monoisotopic (exact) mass is 254 g/mol. The number of rotatable bonds is 8. The van der Waals surface area contributed by atoms with Gasteiger partial charge in [-0.25, -0.2) is 0 Å². The lowest BCUT2D eigenvalue weighted by molar-refractivity contribution is -0.127. The first-order valence-corrected chi connectivity index (χ1v) is 7.18. The van der Waals surface area contributed by atoms with E-state index in [9.17, 15) is 9.59 Å². The maximum Gasteiger partial charge on any atom is 0.224 e. The van der Waals surface area contributed by atoms with E-state index in [1.807, 2.05) is 13.8 Å². The Balaban J connectivity index is 2.18. The van der Waals surface area contributed by atoms with E-state index in [0.717, 1.165) is 32.2 Å². The number of hydrogen-bond acceptors (Lipinski definition) is 2. The predicted molar refractivity (Wildman–Crippen MR) is 72.0 cm³/mol. The second kappa shape index (κ2) is 7.39. The molecule has 0 aromatic heterocycles. The molecule has 2 N–H and O–H groups in total. The molecule has 1 aliphatic carbocycles. The van der Waals surface area contributed by atoms with Crippen molar-refractivity contribution in [2.75, 3.05) is 6.54 Å². The van der Waals surface area contributed by atoms with E-state index in [1.165, 1.54) is 0 Å². The molecule has 0 spiro atoms. The third kappa shape index (κ3) is 4.67. The molecule has 104 valence electrons. The molecule has 0 aromatic carbocycles. The fourth-order valence-electron chi connectivity index (χ4n) is 1.94. The standard InChI is InChI=1S/C14H26N2O2/c1-4-6-7-8-15-13(17)11-9-12(11)14(18)16-10(3)5-2/h10-12H,4-9H2,1-3H3,(H,15,17)(H,16,18). The van der Waals surface area contributed by atoms with Gasteiger partial charge in [-0.15, -0.1) is 0 Å². The van der Waals surface area contributed by atoms with Gasteiger partial charge in [0.1, 0.15) is 0 Å². The molecule has 0 saturated heterocycles. The minimum atomic E-state index is -0.0924. The smallest absolute Gasteiger partial charge is 0.224 e. The van der Waals surface area contributed by atoms with Gasteiger partial charge in [0.15, 0.2) is 0 Å². The van der Waals surface area contributed by atoms with Gasteiger partial charge in [0.2, 0.25) is 11.8 Å². The third-order valence-corrected chi connectivity index (χ3v) is 3.54. The Morgan fingerprint density at radius 2 is 1.83 bits per heavy atom. The topological polar surface area (TPSA) is 58.2 Å². The molecule has 1 aliphatic rings. The van der Waals surface area contributed by atoms with Gasteiger partial charge < -0.3 is 10.6 Å². The van der Waals surface area contributed by atoms with Gasteiger partial charge in [-0.05, 0) is 26.2 Å². The molecule has 3 unspecified atom stereocenters. The summed E-state index contributed by atoms with van der Waals surface area (Å²) in [4.78, 5) is 23.5. The van der Waals surface area contributed by atoms with Gasteiger partial charge in [0.05, 0.1) is 11.8 Å². The summed E-state index contributed by atoms with van der Waals surface area (Å²) in [5.74, 6) is -0.0886. The quantitative estimate of drug-likeness (QED) is 0.649. The Bertz CT molecular complexity index is 292. The molecule has 4 heteroatoms. The average Bonchev–Trinajstić information content (AvgIpc) is 3.14. The molecule has 4 nitrogen and oxygen atoms in total. The number of unbranched alkanes of at least 4 members (excludes halogenated alkanes) is 2. The maximum atomic E-state index is 11.8. The molecular formula is C14H26N2O2. The largest absolute Gasteiger partial charge is 0.356 e. The van der Waals surface area contributed by atoms with Crippen molar-refractivity contribution in [1.29, 1.82) is 0 Å². The lowest BCUT2D eigenvalue weighted by Gasteiger charge is -2.11. The molecule has 3 atom stereocenters. The van der Waals surface area contributed by atoms with Gasteiger partial charge in [-0.1, -0.05) is 26.7 Å². The first-order valence-electron chi connectivity index (χ1n) is 7.18. The Hall–Kier alpha value is -1.06. The Morgan fingerprint density at radius 3 is 2.44 bits per heavy atom. The summed E-state index contributed by atoms with van der Waals surface area (Å²) < 4.78 is 0. The molecule has 0 bridgehead atoms. The van der Waals surface area contributed by atoms with E-state index < -0.39 is 0 Å². The van der Waals surface area contributed by atoms with Gasteiger partial charge in [0.25, 0.3) is 0 Å². The molecular weight excluding hydrogens is 228 g/mol. The highest BCUT2D eigenvalue weighted by atomic mass is 16.2. The zero-order chi connectivity index (χ0) is 13.5. The van der Waals surface area contributed by atoms with Crippen molar-refractivity contribution >= 4 is 11.8 Å². The van der Waals surface area contributed by atoms with Crippen LogP contribution in [0.2, 0.25) is 0 Å². The van der Waals surface area contributed by atoms with Crippen LogP contribution in [-0.2, 0) is 9.59 Å². The van der Waals surface area contributed by atoms with E-state index in [-0.39, 0.29) is 29.7 Å². The van der Waals surface area contributed by atoms with Gasteiger partial charge in [-0.2, -0.15) is 0 Å². The van der Waals surface area contributed by atoms with Crippen molar-refractivity contribution in [3.63, 3.8) is 0 Å². The molecule has 0 aromatic rings. The molecule has 1 saturated carbocycles. The highest BCUT2D eigenvalue weighted by Gasteiger charge is 2.47. The van der Waals surface area contributed by atoms with Crippen LogP contribution in [0, 0.1) is 11.8 Å². The van der Waals surface area contributed by atoms with Crippen LogP contribution in [0.1, 0.15) is 52.9 Å². The van der Waals surface area contributed by atoms with Crippen molar-refractivity contribution in [3.8, 4) is 0 Å². The van der Waals surface area contributed by atoms with Crippen LogP contribution in [0.15, 0.2) is 0 Å². The van der Waals surface area contributed by atoms with Crippen LogP contribution < -0.4 is 10.6 Å². The van der Waals surface area contributed by atoms with Crippen molar-refractivity contribution in [1.82, 2.24) is 10.6 Å². The normalized spacial score (nSPS) is 23.3. The summed E-state index contributed by atoms with van der Waals surface area (Å²) in [5, 5.41) is 5.85. The molecule has 1 fully saturated rings. The van der Waals surface area contributed by atoms with E-state index in [4.69, 9.17) is 0 Å². The third-order valence-electron chi connectivity index (χ3n) is 3.54. The zero-order valence-corrected chi connectivity index (χ0v) is 11.8. The predicted octanol–water partition coefficient (Wildman–Crippen LogP) is 1.84. The SMILES string of the molecule is CCCCCNC(=O)C1CC1C(=O)NC(C)CC. The molecule has 0 radical (unpaired) electrons. The summed E-state index contributed by atoms with van der Waals surface area (Å²) in [6.45, 7) is 6.90. The van der Waals surface area contributed by atoms with Crippen LogP contribution in [0.4, 0.5) is 0 Å². The Labute approximate surface area is 110 Å². The number of nitrogens with one attached hydrogen (secondary N) is 2. The summed E-state index contributed by atoms with van der Waals surface area (Å²) in [6.07, 6.45) is 4.95. The van der Waals surface area contributed by atoms with Gasteiger partial charge >= 0.3 is 0 Å². The van der Waals surface area contributed by atoms with Crippen molar-refractivity contribution in [2.24, 2.45) is 11.8 Å². The molecule has 0 aliphatic heterocycles. The first-order chi connectivity index (χ1) is 8.60. The van der Waals surface area contributed by atoms with Crippen LogP contribution in [0.5, 0.6) is 0 Å². The lowest BCUT2D eigenvalue weighted by Crippen LogP contribution is -2.35. The van der Waals surface area contributed by atoms with Crippen LogP contribution >= 0.6 is 0 Å². The molecule has 18 heavy (non-hydrogen) atoms. The van der Waals surface area contributed by atoms with Crippen LogP contribution in [-0.4, -0.2) is 24.4 Å². The van der Waals surface area contributed by atoms with Crippen LogP contribution in [0.25, 0.3) is 0 Å². The molecule has 2 amide bonds. The molecule has 0 heterocycles. The summed E-state index contributed by atoms with van der Waals surface area (Å²) in [5.41, 5.74) is 0. The summed E-state index contributed by atoms with van der Waals surface area (Å²) in [6, 6.07) is 0.200. The van der Waals surface area contributed by atoms with Crippen molar-refractivity contribution in [2.45, 2.75) is 58.9 Å². The molecule has 1 rings (SSSR count). The maximum absolute atomic E-state index is 11.8. The van der Waals surface area contributed by atoms with Crippen LogP contribution in [0.3, 0.4) is 0 Å². The summed E-state index contributed by atoms with van der Waals surface area (Å²) in [7, 11) is 0. The number of amides is 2. The minimum absolute atomic E-state index is 0.0399. The highest BCUT2D eigenvalue weighted by molar-refractivity contribution is 5.92. The van der Waals surface area contributed by atoms with Gasteiger partial charge in [0, 0.05) is 12.6 Å².